The Morgan fingerprint density at radius 1 is 1.38 bits per heavy atom. The Morgan fingerprint density at radius 2 is 2.12 bits per heavy atom. The fourth-order valence-electron chi connectivity index (χ4n) is 0.451. The molecule has 0 aromatic heterocycles. The van der Waals surface area contributed by atoms with Gasteiger partial charge in [-0.2, -0.15) is 0 Å². The van der Waals surface area contributed by atoms with E-state index in [1.807, 2.05) is 0 Å². The Labute approximate surface area is 51.0 Å². The van der Waals surface area contributed by atoms with Crippen LogP contribution in [0.1, 0.15) is 19.8 Å². The molecule has 0 saturated carbocycles. The van der Waals surface area contributed by atoms with E-state index in [9.17, 15) is 0 Å². The summed E-state index contributed by atoms with van der Waals surface area (Å²) in [5, 5.41) is 0. The zero-order valence-electron chi connectivity index (χ0n) is 5.65. The zero-order valence-corrected chi connectivity index (χ0v) is 5.65. The summed E-state index contributed by atoms with van der Waals surface area (Å²) in [6.07, 6.45) is 2.40. The fraction of sp³-hybridized carbons (Fsp3) is 1.00. The monoisotopic (exact) mass is 118 g/mol. The third-order valence-electron chi connectivity index (χ3n) is 0.931. The van der Waals surface area contributed by atoms with E-state index in [4.69, 9.17) is 4.74 Å². The van der Waals surface area contributed by atoms with Crippen LogP contribution in [-0.2, 0) is 4.74 Å². The number of hydrogen-bond acceptors (Lipinski definition) is 1. The number of quaternary nitrogens is 1. The molecule has 3 N–H and O–H groups in total. The van der Waals surface area contributed by atoms with Gasteiger partial charge in [-0.15, -0.1) is 0 Å². The summed E-state index contributed by atoms with van der Waals surface area (Å²) in [4.78, 5) is 0. The summed E-state index contributed by atoms with van der Waals surface area (Å²) < 4.78 is 5.16. The lowest BCUT2D eigenvalue weighted by Crippen LogP contribution is -2.52. The first-order valence-corrected chi connectivity index (χ1v) is 3.28. The van der Waals surface area contributed by atoms with Gasteiger partial charge in [0.15, 0.2) is 0 Å². The molecule has 0 radical (unpaired) electrons. The second-order valence-corrected chi connectivity index (χ2v) is 1.82. The maximum Gasteiger partial charge on any atom is 0.0977 e. The van der Waals surface area contributed by atoms with E-state index in [0.717, 1.165) is 19.8 Å². The van der Waals surface area contributed by atoms with Crippen LogP contribution in [0.2, 0.25) is 0 Å². The average Bonchev–Trinajstić information content (AvgIpc) is 1.81. The number of rotatable bonds is 5. The van der Waals surface area contributed by atoms with Gasteiger partial charge in [-0.1, -0.05) is 13.3 Å². The Bertz CT molecular complexity index is 33.5. The van der Waals surface area contributed by atoms with E-state index in [-0.39, 0.29) is 0 Å². The van der Waals surface area contributed by atoms with Gasteiger partial charge in [0.2, 0.25) is 0 Å². The van der Waals surface area contributed by atoms with Crippen molar-refractivity contribution in [3.05, 3.63) is 0 Å². The molecule has 0 fully saturated rings. The molecule has 0 rings (SSSR count). The first-order valence-electron chi connectivity index (χ1n) is 3.28. The maximum atomic E-state index is 5.16. The summed E-state index contributed by atoms with van der Waals surface area (Å²) >= 11 is 0. The van der Waals surface area contributed by atoms with Crippen LogP contribution in [-0.4, -0.2) is 19.8 Å². The summed E-state index contributed by atoms with van der Waals surface area (Å²) in [5.74, 6) is 0. The second-order valence-electron chi connectivity index (χ2n) is 1.82. The molecule has 2 nitrogen and oxygen atoms in total. The zero-order chi connectivity index (χ0) is 6.24. The van der Waals surface area contributed by atoms with Gasteiger partial charge in [0.1, 0.15) is 0 Å². The molecule has 0 bridgehead atoms. The van der Waals surface area contributed by atoms with E-state index < -0.39 is 0 Å². The smallest absolute Gasteiger partial charge is 0.0977 e. The molecular formula is C6H16NO+. The molecule has 0 aliphatic heterocycles. The van der Waals surface area contributed by atoms with Crippen molar-refractivity contribution in [1.82, 2.24) is 0 Å². The molecule has 0 aliphatic rings. The highest BCUT2D eigenvalue weighted by Crippen LogP contribution is 1.85. The van der Waals surface area contributed by atoms with Crippen LogP contribution >= 0.6 is 0 Å². The number of ether oxygens (including phenoxy) is 1. The molecule has 0 aromatic rings. The molecule has 0 atom stereocenters. The van der Waals surface area contributed by atoms with Crippen LogP contribution in [0.3, 0.4) is 0 Å². The Kier molecular flexibility index (Phi) is 6.85. The molecule has 50 valence electrons. The molecule has 0 saturated heterocycles. The maximum absolute atomic E-state index is 5.16. The third kappa shape index (κ3) is 5.92. The van der Waals surface area contributed by atoms with Crippen molar-refractivity contribution in [2.24, 2.45) is 0 Å². The molecule has 2 heteroatoms. The molecular weight excluding hydrogens is 102 g/mol. The Hall–Kier alpha value is -0.0800. The van der Waals surface area contributed by atoms with Crippen molar-refractivity contribution in [2.45, 2.75) is 19.8 Å². The quantitative estimate of drug-likeness (QED) is 0.509. The third-order valence-corrected chi connectivity index (χ3v) is 0.931. The predicted molar refractivity (Wildman–Crippen MR) is 33.5 cm³/mol. The molecule has 0 unspecified atom stereocenters. The van der Waals surface area contributed by atoms with Gasteiger partial charge in [-0.05, 0) is 6.42 Å². The van der Waals surface area contributed by atoms with E-state index >= 15 is 0 Å². The first-order chi connectivity index (χ1) is 3.91. The fourth-order valence-corrected chi connectivity index (χ4v) is 0.451. The van der Waals surface area contributed by atoms with Crippen molar-refractivity contribution in [3.63, 3.8) is 0 Å². The molecule has 0 aliphatic carbocycles. The van der Waals surface area contributed by atoms with E-state index in [1.165, 1.54) is 12.8 Å². The van der Waals surface area contributed by atoms with Crippen molar-refractivity contribution >= 4 is 0 Å². The highest BCUT2D eigenvalue weighted by Gasteiger charge is 1.83. The van der Waals surface area contributed by atoms with Crippen LogP contribution in [0.25, 0.3) is 0 Å². The Balaban J connectivity index is 2.53. The van der Waals surface area contributed by atoms with Gasteiger partial charge >= 0.3 is 0 Å². The lowest BCUT2D eigenvalue weighted by molar-refractivity contribution is -0.374. The first kappa shape index (κ1) is 7.92. The molecule has 0 aromatic carbocycles. The van der Waals surface area contributed by atoms with Crippen LogP contribution in [0, 0.1) is 0 Å². The van der Waals surface area contributed by atoms with Crippen LogP contribution in [0.4, 0.5) is 0 Å². The SMILES string of the molecule is CCCCOCC[NH3+]. The lowest BCUT2D eigenvalue weighted by Gasteiger charge is -1.96. The van der Waals surface area contributed by atoms with Crippen molar-refractivity contribution in [3.8, 4) is 0 Å². The van der Waals surface area contributed by atoms with Gasteiger partial charge in [-0.25, -0.2) is 0 Å². The predicted octanol–water partition coefficient (Wildman–Crippen LogP) is 0.0450. The number of hydrogen-bond donors (Lipinski definition) is 1. The van der Waals surface area contributed by atoms with Gasteiger partial charge < -0.3 is 10.5 Å². The summed E-state index contributed by atoms with van der Waals surface area (Å²) in [6.45, 7) is 4.78. The molecule has 0 heterocycles. The topological polar surface area (TPSA) is 36.9 Å². The standard InChI is InChI=1S/C6H15NO/c1-2-3-5-8-6-4-7/h2-7H2,1H3/p+1. The van der Waals surface area contributed by atoms with Gasteiger partial charge in [-0.3, -0.25) is 0 Å². The van der Waals surface area contributed by atoms with E-state index in [1.54, 1.807) is 0 Å². The second kappa shape index (κ2) is 6.92. The summed E-state index contributed by atoms with van der Waals surface area (Å²) in [7, 11) is 0. The van der Waals surface area contributed by atoms with Crippen LogP contribution < -0.4 is 5.73 Å². The van der Waals surface area contributed by atoms with Crippen molar-refractivity contribution in [2.75, 3.05) is 19.8 Å². The van der Waals surface area contributed by atoms with Crippen LogP contribution in [0.15, 0.2) is 0 Å². The van der Waals surface area contributed by atoms with Crippen molar-refractivity contribution < 1.29 is 10.5 Å². The van der Waals surface area contributed by atoms with Gasteiger partial charge in [0.25, 0.3) is 0 Å². The summed E-state index contributed by atoms with van der Waals surface area (Å²) in [5.41, 5.74) is 3.66. The number of unbranched alkanes of at least 4 members (excludes halogenated alkanes) is 1. The lowest BCUT2D eigenvalue weighted by atomic mass is 10.4. The minimum atomic E-state index is 0.819. The Morgan fingerprint density at radius 3 is 2.62 bits per heavy atom. The normalized spacial score (nSPS) is 9.75. The molecule has 8 heavy (non-hydrogen) atoms. The largest absolute Gasteiger partial charge is 0.376 e. The molecule has 0 spiro atoms. The van der Waals surface area contributed by atoms with Gasteiger partial charge in [0.05, 0.1) is 13.2 Å². The minimum Gasteiger partial charge on any atom is -0.376 e. The van der Waals surface area contributed by atoms with E-state index in [0.29, 0.717) is 0 Å². The highest BCUT2D eigenvalue weighted by atomic mass is 16.5. The summed E-state index contributed by atoms with van der Waals surface area (Å²) in [6, 6.07) is 0. The van der Waals surface area contributed by atoms with E-state index in [2.05, 4.69) is 12.7 Å². The molecule has 0 amide bonds. The van der Waals surface area contributed by atoms with Crippen molar-refractivity contribution in [1.29, 1.82) is 0 Å². The average molecular weight is 118 g/mol. The highest BCUT2D eigenvalue weighted by molar-refractivity contribution is 4.30. The minimum absolute atomic E-state index is 0.819. The van der Waals surface area contributed by atoms with Crippen LogP contribution in [0.5, 0.6) is 0 Å². The van der Waals surface area contributed by atoms with Gasteiger partial charge in [0, 0.05) is 6.61 Å².